The lowest BCUT2D eigenvalue weighted by atomic mass is 10.0. The van der Waals surface area contributed by atoms with E-state index < -0.39 is 0 Å². The standard InChI is InChI=1S/C32H29ClN2O4/c1-38-29-17-16-22(20-30(29)39-2)18-19-34-31(36)25-13-7-9-15-28(25)35-32(37)26(23-10-4-3-5-11-23)21-24-12-6-8-14-27(24)33/h3-17,20-21H,18-19H2,1-2H3,(H,34,36)(H,35,37)/b26-21+. The summed E-state index contributed by atoms with van der Waals surface area (Å²) in [6.45, 7) is 0.401. The summed E-state index contributed by atoms with van der Waals surface area (Å²) in [4.78, 5) is 26.6. The number of benzene rings is 4. The Morgan fingerprint density at radius 3 is 2.26 bits per heavy atom. The number of nitrogens with one attached hydrogen (secondary N) is 2. The highest BCUT2D eigenvalue weighted by atomic mass is 35.5. The van der Waals surface area contributed by atoms with Crippen molar-refractivity contribution in [2.24, 2.45) is 0 Å². The van der Waals surface area contributed by atoms with Crippen molar-refractivity contribution in [2.45, 2.75) is 6.42 Å². The third-order valence-electron chi connectivity index (χ3n) is 6.10. The van der Waals surface area contributed by atoms with Gasteiger partial charge < -0.3 is 20.1 Å². The maximum absolute atomic E-state index is 13.5. The Balaban J connectivity index is 1.51. The molecule has 0 bridgehead atoms. The van der Waals surface area contributed by atoms with Crippen LogP contribution in [-0.2, 0) is 11.2 Å². The molecular formula is C32H29ClN2O4. The van der Waals surface area contributed by atoms with Crippen LogP contribution in [-0.4, -0.2) is 32.6 Å². The van der Waals surface area contributed by atoms with Gasteiger partial charge in [0, 0.05) is 17.1 Å². The van der Waals surface area contributed by atoms with Gasteiger partial charge in [0.15, 0.2) is 11.5 Å². The van der Waals surface area contributed by atoms with Crippen molar-refractivity contribution < 1.29 is 19.1 Å². The molecule has 0 fully saturated rings. The van der Waals surface area contributed by atoms with Crippen LogP contribution in [0.1, 0.15) is 27.0 Å². The molecule has 4 aromatic carbocycles. The highest BCUT2D eigenvalue weighted by Gasteiger charge is 2.17. The first-order chi connectivity index (χ1) is 19.0. The van der Waals surface area contributed by atoms with Gasteiger partial charge in [-0.15, -0.1) is 0 Å². The van der Waals surface area contributed by atoms with Crippen LogP contribution >= 0.6 is 11.6 Å². The Hall–Kier alpha value is -4.55. The van der Waals surface area contributed by atoms with Crippen LogP contribution < -0.4 is 20.1 Å². The molecule has 0 aromatic heterocycles. The van der Waals surface area contributed by atoms with Crippen molar-refractivity contribution in [3.05, 3.63) is 124 Å². The Bertz CT molecular complexity index is 1480. The summed E-state index contributed by atoms with van der Waals surface area (Å²) in [6, 6.07) is 29.2. The van der Waals surface area contributed by atoms with E-state index >= 15 is 0 Å². The number of methoxy groups -OCH3 is 2. The lowest BCUT2D eigenvalue weighted by Crippen LogP contribution is -2.27. The van der Waals surface area contributed by atoms with Crippen LogP contribution in [0.25, 0.3) is 11.6 Å². The van der Waals surface area contributed by atoms with E-state index in [9.17, 15) is 9.59 Å². The van der Waals surface area contributed by atoms with Crippen LogP contribution in [0, 0.1) is 0 Å². The number of halogens is 1. The summed E-state index contributed by atoms with van der Waals surface area (Å²) < 4.78 is 10.6. The Morgan fingerprint density at radius 2 is 1.51 bits per heavy atom. The van der Waals surface area contributed by atoms with Gasteiger partial charge in [0.1, 0.15) is 0 Å². The summed E-state index contributed by atoms with van der Waals surface area (Å²) in [5.74, 6) is 0.635. The van der Waals surface area contributed by atoms with Gasteiger partial charge in [-0.25, -0.2) is 0 Å². The van der Waals surface area contributed by atoms with E-state index in [4.69, 9.17) is 21.1 Å². The fourth-order valence-electron chi connectivity index (χ4n) is 4.08. The van der Waals surface area contributed by atoms with Crippen molar-refractivity contribution in [3.63, 3.8) is 0 Å². The van der Waals surface area contributed by atoms with Crippen molar-refractivity contribution in [2.75, 3.05) is 26.1 Å². The fourth-order valence-corrected chi connectivity index (χ4v) is 4.27. The summed E-state index contributed by atoms with van der Waals surface area (Å²) in [5, 5.41) is 6.40. The van der Waals surface area contributed by atoms with Crippen molar-refractivity contribution in [1.82, 2.24) is 5.32 Å². The molecule has 6 nitrogen and oxygen atoms in total. The summed E-state index contributed by atoms with van der Waals surface area (Å²) in [5.41, 5.74) is 3.63. The number of para-hydroxylation sites is 1. The van der Waals surface area contributed by atoms with Crippen molar-refractivity contribution >= 4 is 40.8 Å². The van der Waals surface area contributed by atoms with Gasteiger partial charge in [-0.1, -0.05) is 78.3 Å². The maximum atomic E-state index is 13.5. The van der Waals surface area contributed by atoms with Crippen LogP contribution in [0.3, 0.4) is 0 Å². The lowest BCUT2D eigenvalue weighted by Gasteiger charge is -2.14. The molecule has 0 heterocycles. The second kappa shape index (κ2) is 13.3. The number of carbonyl (C=O) groups excluding carboxylic acids is 2. The van der Waals surface area contributed by atoms with Gasteiger partial charge in [0.2, 0.25) is 0 Å². The van der Waals surface area contributed by atoms with Gasteiger partial charge in [0.25, 0.3) is 11.8 Å². The number of hydrogen-bond donors (Lipinski definition) is 2. The quantitative estimate of drug-likeness (QED) is 0.178. The summed E-state index contributed by atoms with van der Waals surface area (Å²) in [6.07, 6.45) is 2.35. The number of carbonyl (C=O) groups is 2. The van der Waals surface area contributed by atoms with Gasteiger partial charge in [-0.2, -0.15) is 0 Å². The first-order valence-electron chi connectivity index (χ1n) is 12.4. The molecule has 198 valence electrons. The Kier molecular flexibility index (Phi) is 9.38. The number of ether oxygens (including phenoxy) is 2. The average molecular weight is 541 g/mol. The molecule has 0 unspecified atom stereocenters. The number of amides is 2. The molecule has 2 amide bonds. The molecule has 7 heteroatoms. The molecule has 0 aliphatic heterocycles. The van der Waals surface area contributed by atoms with E-state index in [-0.39, 0.29) is 11.8 Å². The fraction of sp³-hybridized carbons (Fsp3) is 0.125. The Morgan fingerprint density at radius 1 is 0.821 bits per heavy atom. The first-order valence-corrected chi connectivity index (χ1v) is 12.8. The topological polar surface area (TPSA) is 76.7 Å². The predicted molar refractivity (Wildman–Crippen MR) is 156 cm³/mol. The minimum absolute atomic E-state index is 0.289. The normalized spacial score (nSPS) is 11.0. The molecule has 0 spiro atoms. The number of anilines is 1. The molecular weight excluding hydrogens is 512 g/mol. The van der Waals surface area contributed by atoms with Crippen LogP contribution in [0.15, 0.2) is 97.1 Å². The van der Waals surface area contributed by atoms with Crippen LogP contribution in [0.2, 0.25) is 5.02 Å². The third kappa shape index (κ3) is 7.06. The zero-order valence-electron chi connectivity index (χ0n) is 21.7. The smallest absolute Gasteiger partial charge is 0.256 e. The zero-order chi connectivity index (χ0) is 27.6. The highest BCUT2D eigenvalue weighted by Crippen LogP contribution is 2.28. The van der Waals surface area contributed by atoms with Gasteiger partial charge >= 0.3 is 0 Å². The minimum atomic E-state index is -0.355. The third-order valence-corrected chi connectivity index (χ3v) is 6.45. The van der Waals surface area contributed by atoms with Crippen molar-refractivity contribution in [1.29, 1.82) is 0 Å². The molecule has 0 saturated carbocycles. The van der Waals surface area contributed by atoms with E-state index in [1.54, 1.807) is 50.6 Å². The van der Waals surface area contributed by atoms with E-state index in [0.717, 1.165) is 16.7 Å². The summed E-state index contributed by atoms with van der Waals surface area (Å²) in [7, 11) is 3.17. The van der Waals surface area contributed by atoms with E-state index in [0.29, 0.717) is 46.3 Å². The van der Waals surface area contributed by atoms with E-state index in [2.05, 4.69) is 10.6 Å². The molecule has 0 atom stereocenters. The molecule has 2 N–H and O–H groups in total. The maximum Gasteiger partial charge on any atom is 0.256 e. The van der Waals surface area contributed by atoms with E-state index in [1.165, 1.54) is 0 Å². The lowest BCUT2D eigenvalue weighted by molar-refractivity contribution is -0.111. The van der Waals surface area contributed by atoms with Gasteiger partial charge in [-0.05, 0) is 59.5 Å². The van der Waals surface area contributed by atoms with Crippen molar-refractivity contribution in [3.8, 4) is 11.5 Å². The monoisotopic (exact) mass is 540 g/mol. The second-order valence-corrected chi connectivity index (χ2v) is 9.05. The molecule has 4 rings (SSSR count). The molecule has 0 aliphatic carbocycles. The zero-order valence-corrected chi connectivity index (χ0v) is 22.5. The highest BCUT2D eigenvalue weighted by molar-refractivity contribution is 6.34. The molecule has 39 heavy (non-hydrogen) atoms. The predicted octanol–water partition coefficient (Wildman–Crippen LogP) is 6.51. The van der Waals surface area contributed by atoms with E-state index in [1.807, 2.05) is 66.7 Å². The first kappa shape index (κ1) is 27.5. The van der Waals surface area contributed by atoms with Gasteiger partial charge in [0.05, 0.1) is 25.5 Å². The summed E-state index contributed by atoms with van der Waals surface area (Å²) >= 11 is 6.37. The SMILES string of the molecule is COc1ccc(CCNC(=O)c2ccccc2NC(=O)/C(=C/c2ccccc2Cl)c2ccccc2)cc1OC. The van der Waals surface area contributed by atoms with Crippen LogP contribution in [0.4, 0.5) is 5.69 Å². The molecule has 0 saturated heterocycles. The number of rotatable bonds is 10. The van der Waals surface area contributed by atoms with Crippen LogP contribution in [0.5, 0.6) is 11.5 Å². The molecule has 4 aromatic rings. The Labute approximate surface area is 233 Å². The minimum Gasteiger partial charge on any atom is -0.493 e. The molecule has 0 radical (unpaired) electrons. The van der Waals surface area contributed by atoms with Gasteiger partial charge in [-0.3, -0.25) is 9.59 Å². The average Bonchev–Trinajstić information content (AvgIpc) is 2.97. The number of hydrogen-bond acceptors (Lipinski definition) is 4. The second-order valence-electron chi connectivity index (χ2n) is 8.64. The molecule has 0 aliphatic rings. The largest absolute Gasteiger partial charge is 0.493 e.